The minimum Gasteiger partial charge on any atom is -0.494 e. The second-order valence-electron chi connectivity index (χ2n) is 11.6. The van der Waals surface area contributed by atoms with Crippen molar-refractivity contribution in [3.8, 4) is 11.8 Å². The average molecular weight is 601 g/mol. The molecule has 8 heteroatoms. The van der Waals surface area contributed by atoms with Crippen LogP contribution in [0.5, 0.6) is 5.75 Å². The third kappa shape index (κ3) is 10.00. The highest BCUT2D eigenvalue weighted by Gasteiger charge is 2.18. The Labute approximate surface area is 262 Å². The smallest absolute Gasteiger partial charge is 0.159 e. The molecule has 0 bridgehead atoms. The van der Waals surface area contributed by atoms with E-state index in [0.717, 1.165) is 36.4 Å². The molecular weight excluding hydrogens is 552 g/mol. The van der Waals surface area contributed by atoms with Gasteiger partial charge in [0.1, 0.15) is 22.5 Å². The second-order valence-corrected chi connectivity index (χ2v) is 12.5. The summed E-state index contributed by atoms with van der Waals surface area (Å²) in [5, 5.41) is 28.9. The molecule has 1 atom stereocenters. The number of aryl methyl sites for hydroxylation is 1. The van der Waals surface area contributed by atoms with Gasteiger partial charge in [-0.25, -0.2) is 0 Å². The zero-order valence-corrected chi connectivity index (χ0v) is 27.9. The summed E-state index contributed by atoms with van der Waals surface area (Å²) in [6.07, 6.45) is 8.33. The molecule has 2 aromatic carbocycles. The van der Waals surface area contributed by atoms with Crippen molar-refractivity contribution in [1.29, 1.82) is 5.26 Å². The van der Waals surface area contributed by atoms with E-state index in [-0.39, 0.29) is 0 Å². The molecule has 0 saturated carbocycles. The van der Waals surface area contributed by atoms with Crippen molar-refractivity contribution < 1.29 is 4.74 Å². The molecule has 0 fully saturated rings. The third-order valence-corrected chi connectivity index (χ3v) is 8.67. The first-order chi connectivity index (χ1) is 20.8. The molecule has 0 spiro atoms. The number of unbranched alkanes of at least 4 members (excludes halogenated alkanes) is 2. The van der Waals surface area contributed by atoms with E-state index in [4.69, 9.17) is 4.74 Å². The standard InChI is InChI=1S/C35H48N6OS/c1-8-11-13-27(10-3)24-41(23-25(4)5)30-19-20-32(33(21-30)42-7)38-40-35-31(22-36)26(6)34(43-35)39-37-29-17-15-28(16-18-29)14-12-9-2/h15-21,25,27H,8-14,23-24H2,1-7H3. The van der Waals surface area contributed by atoms with Crippen LogP contribution in [0.4, 0.5) is 27.1 Å². The quantitative estimate of drug-likeness (QED) is 0.144. The Morgan fingerprint density at radius 1 is 0.907 bits per heavy atom. The zero-order valence-electron chi connectivity index (χ0n) is 27.1. The van der Waals surface area contributed by atoms with E-state index in [1.807, 2.05) is 25.1 Å². The minimum atomic E-state index is 0.467. The normalized spacial score (nSPS) is 12.3. The number of rotatable bonds is 17. The number of nitrogens with zero attached hydrogens (tertiary/aromatic N) is 6. The van der Waals surface area contributed by atoms with Crippen LogP contribution in [0.25, 0.3) is 0 Å². The Hall–Kier alpha value is -3.57. The van der Waals surface area contributed by atoms with Crippen LogP contribution < -0.4 is 9.64 Å². The number of anilines is 1. The van der Waals surface area contributed by atoms with Crippen molar-refractivity contribution >= 4 is 38.4 Å². The summed E-state index contributed by atoms with van der Waals surface area (Å²) in [6, 6.07) is 16.5. The van der Waals surface area contributed by atoms with Crippen molar-refractivity contribution in [1.82, 2.24) is 0 Å². The number of hydrogen-bond donors (Lipinski definition) is 0. The predicted molar refractivity (Wildman–Crippen MR) is 181 cm³/mol. The second kappa shape index (κ2) is 17.5. The summed E-state index contributed by atoms with van der Waals surface area (Å²) in [4.78, 5) is 2.48. The molecule has 1 aromatic heterocycles. The van der Waals surface area contributed by atoms with Crippen molar-refractivity contribution in [2.75, 3.05) is 25.1 Å². The summed E-state index contributed by atoms with van der Waals surface area (Å²) in [7, 11) is 1.66. The maximum atomic E-state index is 9.87. The third-order valence-electron chi connectivity index (χ3n) is 7.61. The van der Waals surface area contributed by atoms with E-state index in [0.29, 0.717) is 38.8 Å². The first-order valence-corrected chi connectivity index (χ1v) is 16.5. The molecule has 0 aliphatic rings. The van der Waals surface area contributed by atoms with E-state index in [1.165, 1.54) is 55.4 Å². The molecule has 43 heavy (non-hydrogen) atoms. The highest BCUT2D eigenvalue weighted by Crippen LogP contribution is 2.43. The predicted octanol–water partition coefficient (Wildman–Crippen LogP) is 11.8. The van der Waals surface area contributed by atoms with Crippen molar-refractivity contribution in [2.45, 2.75) is 86.5 Å². The molecule has 3 aromatic rings. The highest BCUT2D eigenvalue weighted by atomic mass is 32.1. The summed E-state index contributed by atoms with van der Waals surface area (Å²) < 4.78 is 5.75. The number of methoxy groups -OCH3 is 1. The maximum absolute atomic E-state index is 9.87. The van der Waals surface area contributed by atoms with Crippen molar-refractivity contribution in [2.24, 2.45) is 32.3 Å². The fourth-order valence-corrected chi connectivity index (χ4v) is 5.90. The van der Waals surface area contributed by atoms with Crippen molar-refractivity contribution in [3.63, 3.8) is 0 Å². The molecule has 3 rings (SSSR count). The van der Waals surface area contributed by atoms with Gasteiger partial charge in [0.25, 0.3) is 0 Å². The van der Waals surface area contributed by atoms with Crippen LogP contribution >= 0.6 is 11.3 Å². The molecule has 0 saturated heterocycles. The van der Waals surface area contributed by atoms with Gasteiger partial charge in [-0.15, -0.1) is 20.5 Å². The zero-order chi connectivity index (χ0) is 31.2. The molecule has 0 amide bonds. The minimum absolute atomic E-state index is 0.467. The van der Waals surface area contributed by atoms with Crippen LogP contribution in [0.3, 0.4) is 0 Å². The van der Waals surface area contributed by atoms with Gasteiger partial charge >= 0.3 is 0 Å². The topological polar surface area (TPSA) is 85.7 Å². The van der Waals surface area contributed by atoms with Gasteiger partial charge in [0.2, 0.25) is 0 Å². The largest absolute Gasteiger partial charge is 0.494 e. The number of thiophene rings is 1. The van der Waals surface area contributed by atoms with Gasteiger partial charge < -0.3 is 9.64 Å². The Balaban J connectivity index is 1.82. The lowest BCUT2D eigenvalue weighted by Crippen LogP contribution is -2.32. The molecular formula is C35H48N6OS. The lowest BCUT2D eigenvalue weighted by Gasteiger charge is -2.31. The van der Waals surface area contributed by atoms with Gasteiger partial charge in [-0.1, -0.05) is 83.8 Å². The molecule has 0 N–H and O–H groups in total. The van der Waals surface area contributed by atoms with Gasteiger partial charge in [0.15, 0.2) is 5.00 Å². The SMILES string of the molecule is CCCCc1ccc(N=Nc2sc(N=Nc3ccc(N(CC(C)C)CC(CC)CCCC)cc3OC)c(C#N)c2C)cc1. The summed E-state index contributed by atoms with van der Waals surface area (Å²) in [5.41, 5.74) is 5.05. The first-order valence-electron chi connectivity index (χ1n) is 15.7. The molecule has 7 nitrogen and oxygen atoms in total. The van der Waals surface area contributed by atoms with E-state index < -0.39 is 0 Å². The molecule has 1 unspecified atom stereocenters. The average Bonchev–Trinajstić information content (AvgIpc) is 3.33. The number of ether oxygens (including phenoxy) is 1. The maximum Gasteiger partial charge on any atom is 0.159 e. The van der Waals surface area contributed by atoms with Crippen LogP contribution in [-0.2, 0) is 6.42 Å². The fraction of sp³-hybridized carbons (Fsp3) is 0.514. The Morgan fingerprint density at radius 2 is 1.63 bits per heavy atom. The Bertz CT molecular complexity index is 1390. The Kier molecular flexibility index (Phi) is 13.8. The molecule has 0 aliphatic carbocycles. The molecule has 230 valence electrons. The lowest BCUT2D eigenvalue weighted by atomic mass is 9.98. The number of hydrogen-bond acceptors (Lipinski definition) is 8. The van der Waals surface area contributed by atoms with Crippen LogP contribution in [0, 0.1) is 30.1 Å². The molecule has 0 aliphatic heterocycles. The first kappa shape index (κ1) is 33.9. The Morgan fingerprint density at radius 3 is 2.26 bits per heavy atom. The lowest BCUT2D eigenvalue weighted by molar-refractivity contribution is 0.414. The number of benzene rings is 2. The molecule has 0 radical (unpaired) electrons. The summed E-state index contributed by atoms with van der Waals surface area (Å²) >= 11 is 1.32. The van der Waals surface area contributed by atoms with E-state index >= 15 is 0 Å². The summed E-state index contributed by atoms with van der Waals surface area (Å²) in [6.45, 7) is 15.1. The highest BCUT2D eigenvalue weighted by molar-refractivity contribution is 7.19. The number of nitriles is 1. The van der Waals surface area contributed by atoms with Gasteiger partial charge in [0, 0.05) is 30.4 Å². The van der Waals surface area contributed by atoms with Gasteiger partial charge in [-0.2, -0.15) is 5.26 Å². The van der Waals surface area contributed by atoms with Gasteiger partial charge in [0.05, 0.1) is 18.4 Å². The van der Waals surface area contributed by atoms with Crippen LogP contribution in [0.15, 0.2) is 62.9 Å². The van der Waals surface area contributed by atoms with E-state index in [9.17, 15) is 5.26 Å². The van der Waals surface area contributed by atoms with E-state index in [1.54, 1.807) is 7.11 Å². The molecule has 1 heterocycles. The monoisotopic (exact) mass is 600 g/mol. The van der Waals surface area contributed by atoms with Crippen LogP contribution in [-0.4, -0.2) is 20.2 Å². The van der Waals surface area contributed by atoms with Crippen molar-refractivity contribution in [3.05, 3.63) is 59.2 Å². The van der Waals surface area contributed by atoms with Gasteiger partial charge in [-0.05, 0) is 67.9 Å². The van der Waals surface area contributed by atoms with Gasteiger partial charge in [-0.3, -0.25) is 0 Å². The fourth-order valence-electron chi connectivity index (χ4n) is 5.00. The van der Waals surface area contributed by atoms with Crippen LogP contribution in [0.2, 0.25) is 0 Å². The van der Waals surface area contributed by atoms with E-state index in [2.05, 4.69) is 90.3 Å². The number of azo groups is 2. The summed E-state index contributed by atoms with van der Waals surface area (Å²) in [5.74, 6) is 1.86. The van der Waals surface area contributed by atoms with Crippen LogP contribution in [0.1, 0.15) is 89.8 Å².